The van der Waals surface area contributed by atoms with Crippen molar-refractivity contribution in [2.45, 2.75) is 0 Å². The van der Waals surface area contributed by atoms with Crippen molar-refractivity contribution in [2.75, 3.05) is 10.6 Å². The Morgan fingerprint density at radius 2 is 1.53 bits per heavy atom. The molecule has 0 amide bonds. The van der Waals surface area contributed by atoms with Gasteiger partial charge in [0.05, 0.1) is 0 Å². The number of nitrogens with one attached hydrogen (secondary N) is 1. The Balaban J connectivity index is 2.06. The molecular formula is C15H14BrN. The highest BCUT2D eigenvalue weighted by molar-refractivity contribution is 9.09. The van der Waals surface area contributed by atoms with Crippen LogP contribution in [0.25, 0.3) is 6.08 Å². The van der Waals surface area contributed by atoms with Gasteiger partial charge in [-0.25, -0.2) is 0 Å². The summed E-state index contributed by atoms with van der Waals surface area (Å²) >= 11 is 3.37. The SMILES string of the molecule is BrCC=Cc1ccc(Nc2ccccc2)cc1. The number of rotatable bonds is 4. The van der Waals surface area contributed by atoms with Crippen LogP contribution in [0.15, 0.2) is 60.7 Å². The van der Waals surface area contributed by atoms with Crippen LogP contribution in [0.3, 0.4) is 0 Å². The largest absolute Gasteiger partial charge is 0.356 e. The summed E-state index contributed by atoms with van der Waals surface area (Å²) in [4.78, 5) is 0. The second-order valence-electron chi connectivity index (χ2n) is 3.67. The van der Waals surface area contributed by atoms with Gasteiger partial charge in [-0.15, -0.1) is 0 Å². The maximum atomic E-state index is 3.37. The van der Waals surface area contributed by atoms with Crippen molar-refractivity contribution < 1.29 is 0 Å². The molecule has 0 spiro atoms. The molecule has 2 heteroatoms. The minimum Gasteiger partial charge on any atom is -0.356 e. The molecule has 2 aromatic carbocycles. The van der Waals surface area contributed by atoms with E-state index in [1.165, 1.54) is 5.56 Å². The van der Waals surface area contributed by atoms with Crippen molar-refractivity contribution in [1.82, 2.24) is 0 Å². The molecule has 0 radical (unpaired) electrons. The number of benzene rings is 2. The van der Waals surface area contributed by atoms with Crippen LogP contribution in [0, 0.1) is 0 Å². The van der Waals surface area contributed by atoms with E-state index in [0.717, 1.165) is 16.7 Å². The maximum Gasteiger partial charge on any atom is 0.0384 e. The van der Waals surface area contributed by atoms with E-state index in [0.29, 0.717) is 0 Å². The van der Waals surface area contributed by atoms with Gasteiger partial charge in [0.2, 0.25) is 0 Å². The first-order valence-corrected chi connectivity index (χ1v) is 6.65. The molecule has 86 valence electrons. The standard InChI is InChI=1S/C15H14BrN/c16-12-4-5-13-8-10-15(11-9-13)17-14-6-2-1-3-7-14/h1-11,17H,12H2. The minimum atomic E-state index is 0.886. The lowest BCUT2D eigenvalue weighted by atomic mass is 10.2. The molecule has 0 aliphatic rings. The van der Waals surface area contributed by atoms with E-state index in [1.807, 2.05) is 18.2 Å². The third-order valence-corrected chi connectivity index (χ3v) is 2.75. The second kappa shape index (κ2) is 6.26. The van der Waals surface area contributed by atoms with Crippen LogP contribution in [-0.2, 0) is 0 Å². The summed E-state index contributed by atoms with van der Waals surface area (Å²) in [5.74, 6) is 0. The first-order valence-electron chi connectivity index (χ1n) is 5.53. The summed E-state index contributed by atoms with van der Waals surface area (Å²) < 4.78 is 0. The maximum absolute atomic E-state index is 3.37. The zero-order chi connectivity index (χ0) is 11.9. The summed E-state index contributed by atoms with van der Waals surface area (Å²) in [6.07, 6.45) is 4.18. The Morgan fingerprint density at radius 3 is 2.18 bits per heavy atom. The predicted octanol–water partition coefficient (Wildman–Crippen LogP) is 4.84. The molecule has 0 heterocycles. The molecule has 0 aromatic heterocycles. The summed E-state index contributed by atoms with van der Waals surface area (Å²) in [5, 5.41) is 4.24. The fourth-order valence-corrected chi connectivity index (χ4v) is 1.73. The molecule has 0 aliphatic carbocycles. The lowest BCUT2D eigenvalue weighted by molar-refractivity contribution is 1.54. The van der Waals surface area contributed by atoms with E-state index in [2.05, 4.69) is 69.8 Å². The fourth-order valence-electron chi connectivity index (χ4n) is 1.55. The van der Waals surface area contributed by atoms with Crippen LogP contribution in [-0.4, -0.2) is 5.33 Å². The number of alkyl halides is 1. The normalized spacial score (nSPS) is 10.6. The predicted molar refractivity (Wildman–Crippen MR) is 79.0 cm³/mol. The number of hydrogen-bond acceptors (Lipinski definition) is 1. The van der Waals surface area contributed by atoms with E-state index in [-0.39, 0.29) is 0 Å². The zero-order valence-electron chi connectivity index (χ0n) is 9.44. The summed E-state index contributed by atoms with van der Waals surface area (Å²) in [5.41, 5.74) is 3.42. The van der Waals surface area contributed by atoms with Gasteiger partial charge >= 0.3 is 0 Å². The van der Waals surface area contributed by atoms with Crippen LogP contribution in [0.5, 0.6) is 0 Å². The molecule has 0 unspecified atom stereocenters. The van der Waals surface area contributed by atoms with Crippen LogP contribution in [0.1, 0.15) is 5.56 Å². The molecule has 0 saturated heterocycles. The molecule has 2 aromatic rings. The third kappa shape index (κ3) is 3.75. The van der Waals surface area contributed by atoms with Crippen LogP contribution >= 0.6 is 15.9 Å². The minimum absolute atomic E-state index is 0.886. The molecule has 0 atom stereocenters. The molecule has 0 saturated carbocycles. The Labute approximate surface area is 110 Å². The van der Waals surface area contributed by atoms with Gasteiger partial charge in [-0.1, -0.05) is 58.4 Å². The number of anilines is 2. The van der Waals surface area contributed by atoms with Crippen molar-refractivity contribution >= 4 is 33.4 Å². The average Bonchev–Trinajstić information content (AvgIpc) is 2.39. The number of halogens is 1. The highest BCUT2D eigenvalue weighted by Gasteiger charge is 1.93. The lowest BCUT2D eigenvalue weighted by Gasteiger charge is -2.06. The van der Waals surface area contributed by atoms with Gasteiger partial charge in [0.25, 0.3) is 0 Å². The third-order valence-electron chi connectivity index (χ3n) is 2.37. The van der Waals surface area contributed by atoms with E-state index in [9.17, 15) is 0 Å². The lowest BCUT2D eigenvalue weighted by Crippen LogP contribution is -1.88. The summed E-state index contributed by atoms with van der Waals surface area (Å²) in [6.45, 7) is 0. The van der Waals surface area contributed by atoms with Gasteiger partial charge in [0.1, 0.15) is 0 Å². The van der Waals surface area contributed by atoms with Crippen LogP contribution in [0.2, 0.25) is 0 Å². The van der Waals surface area contributed by atoms with Gasteiger partial charge in [-0.2, -0.15) is 0 Å². The fraction of sp³-hybridized carbons (Fsp3) is 0.0667. The Bertz CT molecular complexity index is 474. The molecule has 2 rings (SSSR count). The highest BCUT2D eigenvalue weighted by atomic mass is 79.9. The van der Waals surface area contributed by atoms with E-state index < -0.39 is 0 Å². The Kier molecular flexibility index (Phi) is 4.39. The van der Waals surface area contributed by atoms with Crippen LogP contribution < -0.4 is 5.32 Å². The van der Waals surface area contributed by atoms with E-state index >= 15 is 0 Å². The number of para-hydroxylation sites is 1. The molecule has 0 aliphatic heterocycles. The first kappa shape index (κ1) is 11.9. The van der Waals surface area contributed by atoms with Gasteiger partial charge in [0, 0.05) is 16.7 Å². The monoisotopic (exact) mass is 287 g/mol. The first-order chi connectivity index (χ1) is 8.38. The van der Waals surface area contributed by atoms with Gasteiger partial charge in [-0.05, 0) is 29.8 Å². The van der Waals surface area contributed by atoms with Crippen molar-refractivity contribution in [3.05, 3.63) is 66.2 Å². The number of hydrogen-bond donors (Lipinski definition) is 1. The van der Waals surface area contributed by atoms with Crippen molar-refractivity contribution in [1.29, 1.82) is 0 Å². The summed E-state index contributed by atoms with van der Waals surface area (Å²) in [7, 11) is 0. The molecule has 1 nitrogen and oxygen atoms in total. The topological polar surface area (TPSA) is 12.0 Å². The molecular weight excluding hydrogens is 274 g/mol. The van der Waals surface area contributed by atoms with Crippen molar-refractivity contribution in [3.63, 3.8) is 0 Å². The summed E-state index contributed by atoms with van der Waals surface area (Å²) in [6, 6.07) is 18.5. The second-order valence-corrected chi connectivity index (χ2v) is 4.32. The van der Waals surface area contributed by atoms with Gasteiger partial charge in [-0.3, -0.25) is 0 Å². The smallest absolute Gasteiger partial charge is 0.0384 e. The van der Waals surface area contributed by atoms with Crippen LogP contribution in [0.4, 0.5) is 11.4 Å². The average molecular weight is 288 g/mol. The zero-order valence-corrected chi connectivity index (χ0v) is 11.0. The number of allylic oxidation sites excluding steroid dienone is 1. The molecule has 0 bridgehead atoms. The van der Waals surface area contributed by atoms with Crippen molar-refractivity contribution in [3.8, 4) is 0 Å². The van der Waals surface area contributed by atoms with Crippen molar-refractivity contribution in [2.24, 2.45) is 0 Å². The van der Waals surface area contributed by atoms with E-state index in [1.54, 1.807) is 0 Å². The van der Waals surface area contributed by atoms with Gasteiger partial charge < -0.3 is 5.32 Å². The van der Waals surface area contributed by atoms with E-state index in [4.69, 9.17) is 0 Å². The molecule has 17 heavy (non-hydrogen) atoms. The highest BCUT2D eigenvalue weighted by Crippen LogP contribution is 2.17. The molecule has 0 fully saturated rings. The quantitative estimate of drug-likeness (QED) is 0.794. The Hall–Kier alpha value is -1.54. The molecule has 1 N–H and O–H groups in total. The Morgan fingerprint density at radius 1 is 0.882 bits per heavy atom. The van der Waals surface area contributed by atoms with Gasteiger partial charge in [0.15, 0.2) is 0 Å².